The maximum atomic E-state index is 13.8. The molecule has 3 N–H and O–H groups in total. The van der Waals surface area contributed by atoms with Gasteiger partial charge in [-0.2, -0.15) is 0 Å². The largest absolute Gasteiger partial charge is 0.493 e. The molecule has 4 rings (SSSR count). The molecule has 2 amide bonds. The van der Waals surface area contributed by atoms with Crippen molar-refractivity contribution in [1.29, 1.82) is 0 Å². The molecule has 8 nitrogen and oxygen atoms in total. The fourth-order valence-electron chi connectivity index (χ4n) is 4.03. The van der Waals surface area contributed by atoms with Crippen LogP contribution in [0.25, 0.3) is 0 Å². The lowest BCUT2D eigenvalue weighted by molar-refractivity contribution is -0.125. The number of aromatic nitrogens is 2. The standard InChI is InChI=1S/C21H26FN5O3/c22-15-3-5-19-18(8-15)21(29)26-16-4-2-14(20(28)24-6-1-7-30-19)10-27(11-16)12-17-9-23-13-25-17/h3,5,8-9,13-14,16H,1-2,4,6-7,10-12H2,(H,23,25)(H,24,28)(H,26,29)/t14-,16+/m0/s1. The predicted octanol–water partition coefficient (Wildman–Crippen LogP) is 1.46. The Bertz CT molecular complexity index is 889. The molecular formula is C21H26FN5O3. The van der Waals surface area contributed by atoms with Crippen LogP contribution in [-0.2, 0) is 11.3 Å². The van der Waals surface area contributed by atoms with Gasteiger partial charge in [0.1, 0.15) is 11.6 Å². The minimum atomic E-state index is -0.484. The molecule has 160 valence electrons. The Hall–Kier alpha value is -2.94. The van der Waals surface area contributed by atoms with Gasteiger partial charge in [-0.15, -0.1) is 0 Å². The zero-order valence-corrected chi connectivity index (χ0v) is 16.7. The summed E-state index contributed by atoms with van der Waals surface area (Å²) in [4.78, 5) is 35.0. The van der Waals surface area contributed by atoms with Crippen molar-refractivity contribution in [2.45, 2.75) is 31.8 Å². The van der Waals surface area contributed by atoms with E-state index in [4.69, 9.17) is 4.74 Å². The molecule has 1 saturated heterocycles. The molecule has 0 aliphatic carbocycles. The third kappa shape index (κ3) is 4.96. The number of amides is 2. The summed E-state index contributed by atoms with van der Waals surface area (Å²) in [6.45, 7) is 2.59. The first kappa shape index (κ1) is 20.3. The minimum Gasteiger partial charge on any atom is -0.493 e. The molecule has 1 aromatic carbocycles. The molecule has 2 bridgehead atoms. The number of nitrogens with one attached hydrogen (secondary N) is 3. The summed E-state index contributed by atoms with van der Waals surface area (Å²) in [5.74, 6) is -0.642. The Morgan fingerprint density at radius 1 is 1.23 bits per heavy atom. The number of benzene rings is 1. The summed E-state index contributed by atoms with van der Waals surface area (Å²) in [7, 11) is 0. The van der Waals surface area contributed by atoms with Crippen LogP contribution >= 0.6 is 0 Å². The lowest BCUT2D eigenvalue weighted by Gasteiger charge is -2.25. The first-order chi connectivity index (χ1) is 14.6. The van der Waals surface area contributed by atoms with Crippen molar-refractivity contribution in [1.82, 2.24) is 25.5 Å². The van der Waals surface area contributed by atoms with Crippen LogP contribution in [0.5, 0.6) is 5.75 Å². The van der Waals surface area contributed by atoms with Gasteiger partial charge < -0.3 is 20.4 Å². The summed E-state index contributed by atoms with van der Waals surface area (Å²) >= 11 is 0. The Morgan fingerprint density at radius 3 is 2.97 bits per heavy atom. The Labute approximate surface area is 174 Å². The number of aromatic amines is 1. The van der Waals surface area contributed by atoms with E-state index in [1.54, 1.807) is 12.5 Å². The van der Waals surface area contributed by atoms with E-state index >= 15 is 0 Å². The van der Waals surface area contributed by atoms with E-state index in [0.29, 0.717) is 57.8 Å². The minimum absolute atomic E-state index is 0.0242. The van der Waals surface area contributed by atoms with Crippen LogP contribution in [0.15, 0.2) is 30.7 Å². The third-order valence-electron chi connectivity index (χ3n) is 5.54. The summed E-state index contributed by atoms with van der Waals surface area (Å²) in [6, 6.07) is 3.79. The number of hydrogen-bond donors (Lipinski definition) is 3. The number of nitrogens with zero attached hydrogens (tertiary/aromatic N) is 2. The van der Waals surface area contributed by atoms with Gasteiger partial charge in [0.25, 0.3) is 5.91 Å². The lowest BCUT2D eigenvalue weighted by atomic mass is 10.0. The second-order valence-corrected chi connectivity index (χ2v) is 7.85. The molecule has 2 aliphatic rings. The molecule has 1 fully saturated rings. The highest BCUT2D eigenvalue weighted by Crippen LogP contribution is 2.23. The van der Waals surface area contributed by atoms with E-state index in [1.807, 2.05) is 0 Å². The monoisotopic (exact) mass is 415 g/mol. The average Bonchev–Trinajstić information content (AvgIpc) is 3.15. The fraction of sp³-hybridized carbons (Fsp3) is 0.476. The van der Waals surface area contributed by atoms with Gasteiger partial charge in [-0.05, 0) is 37.5 Å². The van der Waals surface area contributed by atoms with Gasteiger partial charge in [-0.1, -0.05) is 0 Å². The smallest absolute Gasteiger partial charge is 0.255 e. The topological polar surface area (TPSA) is 99.4 Å². The maximum absolute atomic E-state index is 13.8. The summed E-state index contributed by atoms with van der Waals surface area (Å²) in [6.07, 6.45) is 5.30. The van der Waals surface area contributed by atoms with Gasteiger partial charge in [0, 0.05) is 44.1 Å². The molecule has 0 unspecified atom stereocenters. The van der Waals surface area contributed by atoms with Crippen LogP contribution in [0.1, 0.15) is 35.3 Å². The summed E-state index contributed by atoms with van der Waals surface area (Å²) < 4.78 is 19.5. The van der Waals surface area contributed by atoms with Crippen molar-refractivity contribution in [3.63, 3.8) is 0 Å². The van der Waals surface area contributed by atoms with Crippen LogP contribution in [0.2, 0.25) is 0 Å². The molecule has 2 aliphatic heterocycles. The molecular weight excluding hydrogens is 389 g/mol. The molecule has 0 spiro atoms. The Morgan fingerprint density at radius 2 is 2.13 bits per heavy atom. The van der Waals surface area contributed by atoms with Crippen molar-refractivity contribution >= 4 is 11.8 Å². The molecule has 30 heavy (non-hydrogen) atoms. The number of fused-ring (bicyclic) bond motifs is 4. The van der Waals surface area contributed by atoms with Gasteiger partial charge in [0.2, 0.25) is 5.91 Å². The van der Waals surface area contributed by atoms with Gasteiger partial charge in [-0.25, -0.2) is 9.37 Å². The number of carbonyl (C=O) groups is 2. The highest BCUT2D eigenvalue weighted by molar-refractivity contribution is 5.97. The van der Waals surface area contributed by atoms with E-state index in [2.05, 4.69) is 25.5 Å². The third-order valence-corrected chi connectivity index (χ3v) is 5.54. The van der Waals surface area contributed by atoms with Crippen LogP contribution in [0, 0.1) is 11.7 Å². The first-order valence-electron chi connectivity index (χ1n) is 10.3. The second kappa shape index (κ2) is 9.25. The number of imidazole rings is 1. The number of ether oxygens (including phenoxy) is 1. The van der Waals surface area contributed by atoms with E-state index in [0.717, 1.165) is 5.69 Å². The molecule has 1 aromatic heterocycles. The van der Waals surface area contributed by atoms with Crippen molar-refractivity contribution < 1.29 is 18.7 Å². The number of rotatable bonds is 2. The van der Waals surface area contributed by atoms with Crippen LogP contribution in [0.4, 0.5) is 4.39 Å². The van der Waals surface area contributed by atoms with Crippen molar-refractivity contribution in [2.24, 2.45) is 5.92 Å². The highest BCUT2D eigenvalue weighted by Gasteiger charge is 2.30. The Kier molecular flexibility index (Phi) is 6.27. The number of hydrogen-bond acceptors (Lipinski definition) is 5. The number of halogens is 1. The van der Waals surface area contributed by atoms with E-state index in [1.165, 1.54) is 18.2 Å². The number of likely N-dealkylation sites (tertiary alicyclic amines) is 1. The fourth-order valence-corrected chi connectivity index (χ4v) is 4.03. The first-order valence-corrected chi connectivity index (χ1v) is 10.3. The van der Waals surface area contributed by atoms with E-state index < -0.39 is 5.82 Å². The van der Waals surface area contributed by atoms with Crippen LogP contribution in [-0.4, -0.2) is 59.0 Å². The van der Waals surface area contributed by atoms with Gasteiger partial charge in [0.15, 0.2) is 0 Å². The number of carbonyl (C=O) groups excluding carboxylic acids is 2. The number of H-pyrrole nitrogens is 1. The SMILES string of the molecule is O=C1N[C@@H]2CC[C@@H](CN(Cc3cnc[nH]3)C2)C(=O)NCCCOc2ccc(F)cc21. The van der Waals surface area contributed by atoms with Crippen molar-refractivity contribution in [3.05, 3.63) is 47.8 Å². The zero-order chi connectivity index (χ0) is 20.9. The molecule has 2 aromatic rings. The highest BCUT2D eigenvalue weighted by atomic mass is 19.1. The normalized spacial score (nSPS) is 23.5. The Balaban J connectivity index is 1.59. The predicted molar refractivity (Wildman–Crippen MR) is 107 cm³/mol. The quantitative estimate of drug-likeness (QED) is 0.690. The summed E-state index contributed by atoms with van der Waals surface area (Å²) in [5, 5.41) is 6.02. The zero-order valence-electron chi connectivity index (χ0n) is 16.7. The molecule has 0 saturated carbocycles. The second-order valence-electron chi connectivity index (χ2n) is 7.85. The molecule has 0 radical (unpaired) electrons. The summed E-state index contributed by atoms with van der Waals surface area (Å²) in [5.41, 5.74) is 1.14. The van der Waals surface area contributed by atoms with Gasteiger partial charge in [-0.3, -0.25) is 14.5 Å². The molecule has 9 heteroatoms. The van der Waals surface area contributed by atoms with Gasteiger partial charge in [0.05, 0.1) is 24.4 Å². The molecule has 2 atom stereocenters. The van der Waals surface area contributed by atoms with Crippen LogP contribution < -0.4 is 15.4 Å². The van der Waals surface area contributed by atoms with E-state index in [-0.39, 0.29) is 29.3 Å². The van der Waals surface area contributed by atoms with Crippen molar-refractivity contribution in [3.8, 4) is 5.75 Å². The van der Waals surface area contributed by atoms with E-state index in [9.17, 15) is 14.0 Å². The lowest BCUT2D eigenvalue weighted by Crippen LogP contribution is -2.43. The maximum Gasteiger partial charge on any atom is 0.255 e. The van der Waals surface area contributed by atoms with Crippen molar-refractivity contribution in [2.75, 3.05) is 26.2 Å². The average molecular weight is 415 g/mol. The van der Waals surface area contributed by atoms with Crippen LogP contribution in [0.3, 0.4) is 0 Å². The van der Waals surface area contributed by atoms with Gasteiger partial charge >= 0.3 is 0 Å². The molecule has 3 heterocycles.